The van der Waals surface area contributed by atoms with Crippen molar-refractivity contribution in [2.45, 2.75) is 6.92 Å². The topological polar surface area (TPSA) is 84.3 Å². The van der Waals surface area contributed by atoms with Gasteiger partial charge in [0.25, 0.3) is 5.69 Å². The normalized spacial score (nSPS) is 16.5. The lowest BCUT2D eigenvalue weighted by atomic mass is 9.88. The van der Waals surface area contributed by atoms with E-state index in [4.69, 9.17) is 11.6 Å². The minimum atomic E-state index is -0.558. The van der Waals surface area contributed by atoms with Gasteiger partial charge in [0.2, 0.25) is 5.91 Å². The molecule has 1 atom stereocenters. The number of carbonyl (C=O) groups is 1. The van der Waals surface area contributed by atoms with Crippen molar-refractivity contribution < 1.29 is 9.72 Å². The second-order valence-corrected chi connectivity index (χ2v) is 5.05. The molecule has 2 rings (SSSR count). The number of amides is 1. The predicted octanol–water partition coefficient (Wildman–Crippen LogP) is 2.04. The summed E-state index contributed by atoms with van der Waals surface area (Å²) in [6.45, 7) is 3.43. The number of anilines is 1. The minimum absolute atomic E-state index is 0.179. The molecule has 1 aliphatic heterocycles. The van der Waals surface area contributed by atoms with E-state index in [0.717, 1.165) is 13.1 Å². The highest BCUT2D eigenvalue weighted by atomic mass is 35.5. The van der Waals surface area contributed by atoms with Crippen molar-refractivity contribution in [3.8, 4) is 0 Å². The van der Waals surface area contributed by atoms with Crippen LogP contribution in [-0.4, -0.2) is 23.9 Å². The predicted molar refractivity (Wildman–Crippen MR) is 72.3 cm³/mol. The Morgan fingerprint density at radius 1 is 1.58 bits per heavy atom. The number of nitrogens with zero attached hydrogens (tertiary/aromatic N) is 1. The molecule has 6 nitrogen and oxygen atoms in total. The first kappa shape index (κ1) is 13.8. The van der Waals surface area contributed by atoms with Crippen molar-refractivity contribution in [2.75, 3.05) is 18.4 Å². The van der Waals surface area contributed by atoms with Crippen LogP contribution in [0, 0.1) is 22.0 Å². The number of halogens is 1. The zero-order valence-corrected chi connectivity index (χ0v) is 11.1. The maximum atomic E-state index is 12.0. The Labute approximate surface area is 115 Å². The molecule has 0 aliphatic carbocycles. The molecule has 1 amide bonds. The van der Waals surface area contributed by atoms with Gasteiger partial charge in [-0.1, -0.05) is 18.5 Å². The van der Waals surface area contributed by atoms with Crippen molar-refractivity contribution in [3.05, 3.63) is 33.3 Å². The fourth-order valence-electron chi connectivity index (χ4n) is 1.89. The van der Waals surface area contributed by atoms with Gasteiger partial charge < -0.3 is 10.6 Å². The van der Waals surface area contributed by atoms with Gasteiger partial charge in [0, 0.05) is 17.0 Å². The Morgan fingerprint density at radius 2 is 2.26 bits per heavy atom. The van der Waals surface area contributed by atoms with Crippen LogP contribution in [0.5, 0.6) is 0 Å². The Hall–Kier alpha value is -1.66. The van der Waals surface area contributed by atoms with E-state index >= 15 is 0 Å². The van der Waals surface area contributed by atoms with Crippen LogP contribution in [0.25, 0.3) is 0 Å². The van der Waals surface area contributed by atoms with Crippen LogP contribution in [0.3, 0.4) is 0 Å². The highest BCUT2D eigenvalue weighted by Gasteiger charge is 2.29. The van der Waals surface area contributed by atoms with Crippen molar-refractivity contribution in [3.63, 3.8) is 0 Å². The summed E-state index contributed by atoms with van der Waals surface area (Å²) in [6.07, 6.45) is 0. The summed E-state index contributed by atoms with van der Waals surface area (Å²) in [5.41, 5.74) is -0.0154. The quantitative estimate of drug-likeness (QED) is 0.654. The van der Waals surface area contributed by atoms with Crippen LogP contribution in [0.2, 0.25) is 5.02 Å². The molecule has 0 spiro atoms. The van der Waals surface area contributed by atoms with E-state index in [2.05, 4.69) is 10.6 Å². The second kappa shape index (κ2) is 5.54. The van der Waals surface area contributed by atoms with E-state index in [1.165, 1.54) is 18.2 Å². The molecule has 1 heterocycles. The number of rotatable bonds is 4. The second-order valence-electron chi connectivity index (χ2n) is 4.61. The van der Waals surface area contributed by atoms with Crippen LogP contribution < -0.4 is 10.6 Å². The minimum Gasteiger partial charge on any atom is -0.320 e. The molecule has 102 valence electrons. The maximum absolute atomic E-state index is 12.0. The third-order valence-electron chi connectivity index (χ3n) is 3.35. The number of nitrogens with one attached hydrogen (secondary N) is 2. The summed E-state index contributed by atoms with van der Waals surface area (Å²) in [4.78, 5) is 22.4. The highest BCUT2D eigenvalue weighted by Crippen LogP contribution is 2.28. The molecular formula is C12H14ClN3O3. The number of hydrogen-bond acceptors (Lipinski definition) is 4. The molecule has 0 bridgehead atoms. The van der Waals surface area contributed by atoms with Gasteiger partial charge in [0.05, 0.1) is 4.92 Å². The van der Waals surface area contributed by atoms with Crippen LogP contribution >= 0.6 is 11.6 Å². The number of carbonyl (C=O) groups excluding carboxylic acids is 1. The van der Waals surface area contributed by atoms with Gasteiger partial charge in [0.1, 0.15) is 5.69 Å². The summed E-state index contributed by atoms with van der Waals surface area (Å²) in [5.74, 6) is -0.111. The van der Waals surface area contributed by atoms with Crippen molar-refractivity contribution >= 4 is 28.9 Å². The number of nitro benzene ring substituents is 1. The lowest BCUT2D eigenvalue weighted by Crippen LogP contribution is -2.48. The average molecular weight is 284 g/mol. The summed E-state index contributed by atoms with van der Waals surface area (Å²) in [6, 6.07) is 4.19. The lowest BCUT2D eigenvalue weighted by Gasteiger charge is -2.31. The van der Waals surface area contributed by atoms with E-state index in [9.17, 15) is 14.9 Å². The van der Waals surface area contributed by atoms with E-state index in [-0.39, 0.29) is 34.1 Å². The number of nitro groups is 1. The third-order valence-corrected chi connectivity index (χ3v) is 3.58. The largest absolute Gasteiger partial charge is 0.320 e. The van der Waals surface area contributed by atoms with Crippen molar-refractivity contribution in [1.82, 2.24) is 5.32 Å². The van der Waals surface area contributed by atoms with Crippen LogP contribution in [0.4, 0.5) is 11.4 Å². The number of benzene rings is 1. The maximum Gasteiger partial charge on any atom is 0.294 e. The van der Waals surface area contributed by atoms with Gasteiger partial charge in [0.15, 0.2) is 0 Å². The molecule has 0 saturated carbocycles. The summed E-state index contributed by atoms with van der Waals surface area (Å²) in [7, 11) is 0. The van der Waals surface area contributed by atoms with Crippen LogP contribution in [-0.2, 0) is 4.79 Å². The van der Waals surface area contributed by atoms with E-state index in [1.807, 2.05) is 6.92 Å². The van der Waals surface area contributed by atoms with Gasteiger partial charge in [-0.15, -0.1) is 0 Å². The molecule has 2 N–H and O–H groups in total. The van der Waals surface area contributed by atoms with Crippen LogP contribution in [0.1, 0.15) is 6.92 Å². The molecule has 1 fully saturated rings. The summed E-state index contributed by atoms with van der Waals surface area (Å²) in [5, 5.41) is 16.9. The Balaban J connectivity index is 2.13. The molecule has 1 aromatic rings. The molecule has 0 aromatic heterocycles. The Bertz CT molecular complexity index is 517. The fraction of sp³-hybridized carbons (Fsp3) is 0.417. The summed E-state index contributed by atoms with van der Waals surface area (Å²) >= 11 is 5.72. The van der Waals surface area contributed by atoms with E-state index in [0.29, 0.717) is 0 Å². The molecule has 1 saturated heterocycles. The van der Waals surface area contributed by atoms with Gasteiger partial charge in [-0.25, -0.2) is 0 Å². The van der Waals surface area contributed by atoms with E-state index in [1.54, 1.807) is 0 Å². The van der Waals surface area contributed by atoms with Crippen molar-refractivity contribution in [2.24, 2.45) is 11.8 Å². The molecule has 7 heteroatoms. The first-order valence-electron chi connectivity index (χ1n) is 5.94. The average Bonchev–Trinajstić information content (AvgIpc) is 2.28. The smallest absolute Gasteiger partial charge is 0.294 e. The zero-order chi connectivity index (χ0) is 14.0. The fourth-order valence-corrected chi connectivity index (χ4v) is 2.05. The molecule has 1 unspecified atom stereocenters. The van der Waals surface area contributed by atoms with E-state index < -0.39 is 4.92 Å². The highest BCUT2D eigenvalue weighted by molar-refractivity contribution is 6.31. The first-order valence-corrected chi connectivity index (χ1v) is 6.32. The Morgan fingerprint density at radius 3 is 2.79 bits per heavy atom. The molecular weight excluding hydrogens is 270 g/mol. The lowest BCUT2D eigenvalue weighted by molar-refractivity contribution is -0.383. The first-order chi connectivity index (χ1) is 8.99. The van der Waals surface area contributed by atoms with Crippen LogP contribution in [0.15, 0.2) is 18.2 Å². The molecule has 19 heavy (non-hydrogen) atoms. The molecule has 1 aromatic carbocycles. The number of hydrogen-bond donors (Lipinski definition) is 2. The zero-order valence-electron chi connectivity index (χ0n) is 10.4. The van der Waals surface area contributed by atoms with Gasteiger partial charge >= 0.3 is 0 Å². The standard InChI is InChI=1S/C12H14ClN3O3/c1-7(8-5-14-6-8)12(17)15-10-3-2-9(13)4-11(10)16(18)19/h2-4,7-8,14H,5-6H2,1H3,(H,15,17). The molecule has 1 aliphatic rings. The van der Waals surface area contributed by atoms with Gasteiger partial charge in [-0.05, 0) is 31.1 Å². The Kier molecular flexibility index (Phi) is 4.01. The monoisotopic (exact) mass is 283 g/mol. The van der Waals surface area contributed by atoms with Gasteiger partial charge in [-0.3, -0.25) is 14.9 Å². The van der Waals surface area contributed by atoms with Gasteiger partial charge in [-0.2, -0.15) is 0 Å². The summed E-state index contributed by atoms with van der Waals surface area (Å²) < 4.78 is 0. The molecule has 0 radical (unpaired) electrons. The SMILES string of the molecule is CC(C(=O)Nc1ccc(Cl)cc1[N+](=O)[O-])C1CNC1. The third kappa shape index (κ3) is 3.02. The van der Waals surface area contributed by atoms with Crippen molar-refractivity contribution in [1.29, 1.82) is 0 Å².